The molecule has 0 bridgehead atoms. The molecule has 1 aromatic carbocycles. The Morgan fingerprint density at radius 2 is 1.94 bits per heavy atom. The second-order valence-electron chi connectivity index (χ2n) is 8.28. The van der Waals surface area contributed by atoms with Crippen molar-refractivity contribution in [2.45, 2.75) is 38.3 Å². The van der Waals surface area contributed by atoms with E-state index in [2.05, 4.69) is 20.2 Å². The van der Waals surface area contributed by atoms with Crippen molar-refractivity contribution in [3.05, 3.63) is 53.6 Å². The largest absolute Gasteiger partial charge is 0.495 e. The Kier molecular flexibility index (Phi) is 4.98. The van der Waals surface area contributed by atoms with Crippen LogP contribution >= 0.6 is 11.6 Å². The number of ether oxygens (including phenoxy) is 1. The number of aromatic nitrogens is 5. The molecule has 9 heteroatoms. The number of hydrogen-bond donors (Lipinski definition) is 1. The molecule has 3 heterocycles. The minimum atomic E-state index is -0.644. The fourth-order valence-electron chi connectivity index (χ4n) is 4.29. The zero-order valence-electron chi connectivity index (χ0n) is 17.9. The predicted octanol–water partition coefficient (Wildman–Crippen LogP) is 4.72. The van der Waals surface area contributed by atoms with Crippen molar-refractivity contribution in [1.29, 1.82) is 0 Å². The minimum Gasteiger partial charge on any atom is -0.495 e. The van der Waals surface area contributed by atoms with Gasteiger partial charge in [-0.3, -0.25) is 4.68 Å². The fraction of sp³-hybridized carbons (Fsp3) is 0.304. The lowest BCUT2D eigenvalue weighted by Crippen LogP contribution is -2.42. The molecule has 32 heavy (non-hydrogen) atoms. The third kappa shape index (κ3) is 3.36. The highest BCUT2D eigenvalue weighted by Crippen LogP contribution is 2.45. The van der Waals surface area contributed by atoms with Gasteiger partial charge in [-0.25, -0.2) is 9.97 Å². The van der Waals surface area contributed by atoms with Crippen LogP contribution in [0.4, 0.5) is 0 Å². The van der Waals surface area contributed by atoms with Crippen LogP contribution in [0.5, 0.6) is 5.75 Å². The van der Waals surface area contributed by atoms with E-state index in [9.17, 15) is 5.11 Å². The van der Waals surface area contributed by atoms with Gasteiger partial charge in [0.15, 0.2) is 11.6 Å². The van der Waals surface area contributed by atoms with Crippen LogP contribution in [-0.2, 0) is 0 Å². The van der Waals surface area contributed by atoms with E-state index in [0.29, 0.717) is 52.0 Å². The predicted molar refractivity (Wildman–Crippen MR) is 119 cm³/mol. The monoisotopic (exact) mass is 451 g/mol. The highest BCUT2D eigenvalue weighted by Gasteiger charge is 2.41. The Morgan fingerprint density at radius 3 is 2.62 bits per heavy atom. The van der Waals surface area contributed by atoms with Crippen LogP contribution in [0.2, 0.25) is 5.02 Å². The van der Waals surface area contributed by atoms with Crippen LogP contribution < -0.4 is 4.74 Å². The number of nitrogens with zero attached hydrogens (tertiary/aromatic N) is 5. The van der Waals surface area contributed by atoms with Crippen LogP contribution in [-0.4, -0.2) is 42.7 Å². The lowest BCUT2D eigenvalue weighted by molar-refractivity contribution is -0.0548. The summed E-state index contributed by atoms with van der Waals surface area (Å²) in [4.78, 5) is 8.88. The molecule has 0 unspecified atom stereocenters. The molecular weight excluding hydrogens is 430 g/mol. The van der Waals surface area contributed by atoms with Crippen LogP contribution in [0.3, 0.4) is 0 Å². The van der Waals surface area contributed by atoms with Crippen molar-refractivity contribution >= 4 is 11.6 Å². The van der Waals surface area contributed by atoms with E-state index in [1.165, 1.54) is 0 Å². The highest BCUT2D eigenvalue weighted by molar-refractivity contribution is 6.35. The van der Waals surface area contributed by atoms with Crippen LogP contribution in [0.1, 0.15) is 31.5 Å². The van der Waals surface area contributed by atoms with Gasteiger partial charge in [-0.2, -0.15) is 5.10 Å². The zero-order valence-corrected chi connectivity index (χ0v) is 18.7. The standard InChI is InChI=1S/C23H22ClN5O3/c1-13-16(12-27-29(13)14-10-23(2,30)11-14)21-18(22-25-8-5-9-26-22)20(28-32-21)15-6-4-7-17(31-3)19(15)24/h4-9,12,14,30H,10-11H2,1-3H3. The molecule has 5 rings (SSSR count). The van der Waals surface area contributed by atoms with E-state index in [1.54, 1.807) is 37.8 Å². The van der Waals surface area contributed by atoms with Gasteiger partial charge in [-0.05, 0) is 38.8 Å². The third-order valence-corrected chi connectivity index (χ3v) is 6.30. The molecule has 1 aliphatic carbocycles. The molecule has 0 saturated heterocycles. The molecule has 1 N–H and O–H groups in total. The second kappa shape index (κ2) is 7.72. The van der Waals surface area contributed by atoms with Crippen molar-refractivity contribution in [2.75, 3.05) is 7.11 Å². The van der Waals surface area contributed by atoms with Crippen molar-refractivity contribution < 1.29 is 14.4 Å². The van der Waals surface area contributed by atoms with E-state index in [0.717, 1.165) is 11.3 Å². The minimum absolute atomic E-state index is 0.144. The molecular formula is C23H22ClN5O3. The van der Waals surface area contributed by atoms with Gasteiger partial charge in [-0.1, -0.05) is 28.9 Å². The smallest absolute Gasteiger partial charge is 0.181 e. The van der Waals surface area contributed by atoms with Crippen LogP contribution in [0.15, 0.2) is 47.4 Å². The molecule has 1 saturated carbocycles. The first-order valence-electron chi connectivity index (χ1n) is 10.3. The summed E-state index contributed by atoms with van der Waals surface area (Å²) in [6.45, 7) is 3.82. The molecule has 4 aromatic rings. The van der Waals surface area contributed by atoms with Crippen molar-refractivity contribution in [2.24, 2.45) is 0 Å². The first-order chi connectivity index (χ1) is 15.4. The fourth-order valence-corrected chi connectivity index (χ4v) is 4.58. The summed E-state index contributed by atoms with van der Waals surface area (Å²) in [5, 5.41) is 19.5. The first-order valence-corrected chi connectivity index (χ1v) is 10.6. The highest BCUT2D eigenvalue weighted by atomic mass is 35.5. The molecule has 0 aliphatic heterocycles. The van der Waals surface area contributed by atoms with Gasteiger partial charge in [0.05, 0.1) is 41.1 Å². The summed E-state index contributed by atoms with van der Waals surface area (Å²) in [6, 6.07) is 7.38. The second-order valence-corrected chi connectivity index (χ2v) is 8.65. The SMILES string of the molecule is COc1cccc(-c2noc(-c3cnn(C4CC(C)(O)C4)c3C)c2-c2ncccn2)c1Cl. The number of halogens is 1. The van der Waals surface area contributed by atoms with Gasteiger partial charge in [0.2, 0.25) is 0 Å². The summed E-state index contributed by atoms with van der Waals surface area (Å²) < 4.78 is 13.2. The van der Waals surface area contributed by atoms with Gasteiger partial charge in [0, 0.05) is 23.7 Å². The molecule has 164 valence electrons. The van der Waals surface area contributed by atoms with Crippen molar-refractivity contribution in [3.8, 4) is 39.7 Å². The molecule has 0 amide bonds. The number of rotatable bonds is 5. The average Bonchev–Trinajstić information content (AvgIpc) is 3.36. The number of methoxy groups -OCH3 is 1. The van der Waals surface area contributed by atoms with E-state index in [4.69, 9.17) is 20.9 Å². The van der Waals surface area contributed by atoms with Crippen molar-refractivity contribution in [3.63, 3.8) is 0 Å². The zero-order chi connectivity index (χ0) is 22.5. The molecule has 1 fully saturated rings. The van der Waals surface area contributed by atoms with Gasteiger partial charge >= 0.3 is 0 Å². The molecule has 0 spiro atoms. The normalized spacial score (nSPS) is 20.2. The summed E-state index contributed by atoms with van der Waals surface area (Å²) in [5.74, 6) is 1.52. The van der Waals surface area contributed by atoms with Crippen LogP contribution in [0, 0.1) is 6.92 Å². The van der Waals surface area contributed by atoms with Crippen LogP contribution in [0.25, 0.3) is 34.0 Å². The van der Waals surface area contributed by atoms with E-state index in [1.807, 2.05) is 30.7 Å². The topological polar surface area (TPSA) is 99.1 Å². The Bertz CT molecular complexity index is 1270. The van der Waals surface area contributed by atoms with Gasteiger partial charge in [-0.15, -0.1) is 0 Å². The summed E-state index contributed by atoms with van der Waals surface area (Å²) in [7, 11) is 1.57. The summed E-state index contributed by atoms with van der Waals surface area (Å²) >= 11 is 6.60. The van der Waals surface area contributed by atoms with E-state index >= 15 is 0 Å². The third-order valence-electron chi connectivity index (χ3n) is 5.91. The van der Waals surface area contributed by atoms with Crippen molar-refractivity contribution in [1.82, 2.24) is 24.9 Å². The first kappa shape index (κ1) is 20.7. The summed E-state index contributed by atoms with van der Waals surface area (Å²) in [5.41, 5.74) is 2.87. The Hall–Kier alpha value is -3.23. The number of benzene rings is 1. The lowest BCUT2D eigenvalue weighted by Gasteiger charge is -2.41. The van der Waals surface area contributed by atoms with Gasteiger partial charge in [0.1, 0.15) is 11.4 Å². The Labute approximate surface area is 189 Å². The molecule has 0 radical (unpaired) electrons. The Morgan fingerprint density at radius 1 is 1.19 bits per heavy atom. The van der Waals surface area contributed by atoms with E-state index < -0.39 is 5.60 Å². The maximum atomic E-state index is 10.1. The van der Waals surface area contributed by atoms with E-state index in [-0.39, 0.29) is 6.04 Å². The van der Waals surface area contributed by atoms with Gasteiger partial charge in [0.25, 0.3) is 0 Å². The molecule has 8 nitrogen and oxygen atoms in total. The summed E-state index contributed by atoms with van der Waals surface area (Å²) in [6.07, 6.45) is 6.41. The molecule has 0 atom stereocenters. The molecule has 3 aromatic heterocycles. The number of hydrogen-bond acceptors (Lipinski definition) is 7. The van der Waals surface area contributed by atoms with Gasteiger partial charge < -0.3 is 14.4 Å². The molecule has 1 aliphatic rings. The maximum Gasteiger partial charge on any atom is 0.181 e. The number of aliphatic hydroxyl groups is 1. The quantitative estimate of drug-likeness (QED) is 0.468. The average molecular weight is 452 g/mol. The maximum absolute atomic E-state index is 10.1. The lowest BCUT2D eigenvalue weighted by atomic mass is 9.77. The Balaban J connectivity index is 1.66.